The zero-order valence-corrected chi connectivity index (χ0v) is 10.5. The van der Waals surface area contributed by atoms with Gasteiger partial charge in [0.15, 0.2) is 0 Å². The molecule has 0 saturated heterocycles. The average Bonchev–Trinajstić information content (AvgIpc) is 2.28. The first-order valence-electron chi connectivity index (χ1n) is 5.57. The summed E-state index contributed by atoms with van der Waals surface area (Å²) in [6.07, 6.45) is 0. The van der Waals surface area contributed by atoms with Crippen molar-refractivity contribution < 1.29 is 14.6 Å². The van der Waals surface area contributed by atoms with E-state index in [-0.39, 0.29) is 18.5 Å². The van der Waals surface area contributed by atoms with Gasteiger partial charge < -0.3 is 9.84 Å². The highest BCUT2D eigenvalue weighted by molar-refractivity contribution is 5.78. The summed E-state index contributed by atoms with van der Waals surface area (Å²) in [6.45, 7) is 9.05. The summed E-state index contributed by atoms with van der Waals surface area (Å²) in [5.41, 5.74) is 2.20. The Morgan fingerprint density at radius 3 is 2.65 bits per heavy atom. The fourth-order valence-electron chi connectivity index (χ4n) is 1.32. The second-order valence-electron chi connectivity index (χ2n) is 4.34. The maximum Gasteiger partial charge on any atom is 0.313 e. The summed E-state index contributed by atoms with van der Waals surface area (Å²) < 4.78 is 5.30. The Morgan fingerprint density at radius 2 is 2.12 bits per heavy atom. The van der Waals surface area contributed by atoms with Gasteiger partial charge in [-0.25, -0.2) is 0 Å². The topological polar surface area (TPSA) is 46.5 Å². The van der Waals surface area contributed by atoms with E-state index >= 15 is 0 Å². The van der Waals surface area contributed by atoms with Gasteiger partial charge in [-0.15, -0.1) is 0 Å². The third-order valence-corrected chi connectivity index (χ3v) is 2.39. The first-order valence-corrected chi connectivity index (χ1v) is 5.57. The molecule has 0 radical (unpaired) electrons. The van der Waals surface area contributed by atoms with Crippen LogP contribution in [0, 0.1) is 12.8 Å². The highest BCUT2D eigenvalue weighted by atomic mass is 16.5. The highest BCUT2D eigenvalue weighted by Gasteiger charge is 2.14. The van der Waals surface area contributed by atoms with Crippen LogP contribution in [0.1, 0.15) is 25.0 Å². The second-order valence-corrected chi connectivity index (χ2v) is 4.34. The van der Waals surface area contributed by atoms with Crippen LogP contribution in [0.5, 0.6) is 5.75 Å². The molecule has 0 heterocycles. The van der Waals surface area contributed by atoms with Crippen LogP contribution in [-0.4, -0.2) is 17.7 Å². The molecular formula is C14H18O3. The van der Waals surface area contributed by atoms with Gasteiger partial charge in [-0.1, -0.05) is 32.6 Å². The van der Waals surface area contributed by atoms with Crippen molar-refractivity contribution in [1.82, 2.24) is 0 Å². The molecule has 0 aliphatic carbocycles. The number of ether oxygens (including phenoxy) is 1. The standard InChI is InChI=1S/C14H18O3/c1-9(2)14(16)17-13-7-10(3)5-6-12(13)11(4)8-15/h5-7,9,15H,4,8H2,1-3H3. The van der Waals surface area contributed by atoms with E-state index in [0.29, 0.717) is 16.9 Å². The number of hydrogen-bond donors (Lipinski definition) is 1. The average molecular weight is 234 g/mol. The highest BCUT2D eigenvalue weighted by Crippen LogP contribution is 2.26. The molecule has 3 nitrogen and oxygen atoms in total. The largest absolute Gasteiger partial charge is 0.426 e. The second kappa shape index (κ2) is 5.64. The summed E-state index contributed by atoms with van der Waals surface area (Å²) >= 11 is 0. The fourth-order valence-corrected chi connectivity index (χ4v) is 1.32. The number of rotatable bonds is 4. The maximum atomic E-state index is 11.6. The van der Waals surface area contributed by atoms with Crippen molar-refractivity contribution in [2.45, 2.75) is 20.8 Å². The van der Waals surface area contributed by atoms with E-state index in [1.165, 1.54) is 0 Å². The van der Waals surface area contributed by atoms with Crippen molar-refractivity contribution in [2.24, 2.45) is 5.92 Å². The lowest BCUT2D eigenvalue weighted by molar-refractivity contribution is -0.137. The SMILES string of the molecule is C=C(CO)c1ccc(C)cc1OC(=O)C(C)C. The smallest absolute Gasteiger partial charge is 0.313 e. The van der Waals surface area contributed by atoms with Gasteiger partial charge >= 0.3 is 5.97 Å². The molecule has 0 aliphatic rings. The van der Waals surface area contributed by atoms with Gasteiger partial charge in [0.25, 0.3) is 0 Å². The number of benzene rings is 1. The molecule has 1 N–H and O–H groups in total. The quantitative estimate of drug-likeness (QED) is 0.643. The van der Waals surface area contributed by atoms with Gasteiger partial charge in [0.05, 0.1) is 12.5 Å². The molecule has 1 rings (SSSR count). The van der Waals surface area contributed by atoms with Crippen molar-refractivity contribution in [3.8, 4) is 5.75 Å². The Hall–Kier alpha value is -1.61. The third kappa shape index (κ3) is 3.43. The van der Waals surface area contributed by atoms with Gasteiger partial charge in [-0.05, 0) is 24.1 Å². The van der Waals surface area contributed by atoms with Crippen molar-refractivity contribution in [2.75, 3.05) is 6.61 Å². The van der Waals surface area contributed by atoms with E-state index in [1.807, 2.05) is 13.0 Å². The molecule has 17 heavy (non-hydrogen) atoms. The molecule has 0 atom stereocenters. The molecule has 0 fully saturated rings. The van der Waals surface area contributed by atoms with Crippen LogP contribution in [0.2, 0.25) is 0 Å². The lowest BCUT2D eigenvalue weighted by Gasteiger charge is -2.13. The monoisotopic (exact) mass is 234 g/mol. The van der Waals surface area contributed by atoms with Crippen LogP contribution in [0.3, 0.4) is 0 Å². The Kier molecular flexibility index (Phi) is 4.46. The third-order valence-electron chi connectivity index (χ3n) is 2.39. The number of aliphatic hydroxyl groups is 1. The molecule has 1 aromatic carbocycles. The number of hydrogen-bond acceptors (Lipinski definition) is 3. The van der Waals surface area contributed by atoms with Crippen LogP contribution >= 0.6 is 0 Å². The predicted molar refractivity (Wildman–Crippen MR) is 67.8 cm³/mol. The molecule has 0 aromatic heterocycles. The summed E-state index contributed by atoms with van der Waals surface area (Å²) in [4.78, 5) is 11.6. The minimum Gasteiger partial charge on any atom is -0.426 e. The van der Waals surface area contributed by atoms with E-state index in [9.17, 15) is 4.79 Å². The predicted octanol–water partition coefficient (Wildman–Crippen LogP) is 2.56. The van der Waals surface area contributed by atoms with Crippen molar-refractivity contribution in [3.63, 3.8) is 0 Å². The Labute approximate surface area is 102 Å². The van der Waals surface area contributed by atoms with Crippen LogP contribution in [-0.2, 0) is 4.79 Å². The fraction of sp³-hybridized carbons (Fsp3) is 0.357. The van der Waals surface area contributed by atoms with Crippen LogP contribution in [0.4, 0.5) is 0 Å². The number of carbonyl (C=O) groups excluding carboxylic acids is 1. The Balaban J connectivity index is 3.07. The molecular weight excluding hydrogens is 216 g/mol. The summed E-state index contributed by atoms with van der Waals surface area (Å²) in [5.74, 6) is -0.0175. The van der Waals surface area contributed by atoms with Crippen molar-refractivity contribution >= 4 is 11.5 Å². The molecule has 92 valence electrons. The van der Waals surface area contributed by atoms with Gasteiger partial charge in [0, 0.05) is 5.56 Å². The molecule has 3 heteroatoms. The summed E-state index contributed by atoms with van der Waals surface area (Å²) in [6, 6.07) is 5.47. The molecule has 1 aromatic rings. The number of aryl methyl sites for hydroxylation is 1. The van der Waals surface area contributed by atoms with Gasteiger partial charge in [0.1, 0.15) is 5.75 Å². The lowest BCUT2D eigenvalue weighted by Crippen LogP contribution is -2.15. The summed E-state index contributed by atoms with van der Waals surface area (Å²) in [5, 5.41) is 9.09. The van der Waals surface area contributed by atoms with Crippen molar-refractivity contribution in [3.05, 3.63) is 35.9 Å². The van der Waals surface area contributed by atoms with Gasteiger partial charge in [-0.3, -0.25) is 4.79 Å². The minimum absolute atomic E-state index is 0.157. The van der Waals surface area contributed by atoms with Gasteiger partial charge in [0.2, 0.25) is 0 Å². The molecule has 0 amide bonds. The molecule has 0 saturated carbocycles. The first kappa shape index (κ1) is 13.5. The van der Waals surface area contributed by atoms with E-state index < -0.39 is 0 Å². The number of esters is 1. The first-order chi connectivity index (χ1) is 7.95. The maximum absolute atomic E-state index is 11.6. The molecule has 0 aliphatic heterocycles. The lowest BCUT2D eigenvalue weighted by atomic mass is 10.0. The normalized spacial score (nSPS) is 10.4. The molecule has 0 bridgehead atoms. The Bertz CT molecular complexity index is 433. The van der Waals surface area contributed by atoms with E-state index in [0.717, 1.165) is 5.56 Å². The van der Waals surface area contributed by atoms with Crippen LogP contribution < -0.4 is 4.74 Å². The van der Waals surface area contributed by atoms with Gasteiger partial charge in [-0.2, -0.15) is 0 Å². The van der Waals surface area contributed by atoms with E-state index in [4.69, 9.17) is 9.84 Å². The van der Waals surface area contributed by atoms with Crippen molar-refractivity contribution in [1.29, 1.82) is 0 Å². The zero-order chi connectivity index (χ0) is 13.0. The number of carbonyl (C=O) groups is 1. The van der Waals surface area contributed by atoms with Crippen LogP contribution in [0.25, 0.3) is 5.57 Å². The Morgan fingerprint density at radius 1 is 1.47 bits per heavy atom. The van der Waals surface area contributed by atoms with Crippen LogP contribution in [0.15, 0.2) is 24.8 Å². The molecule has 0 spiro atoms. The number of aliphatic hydroxyl groups excluding tert-OH is 1. The molecule has 0 unspecified atom stereocenters. The van der Waals surface area contributed by atoms with E-state index in [1.54, 1.807) is 26.0 Å². The van der Waals surface area contributed by atoms with E-state index in [2.05, 4.69) is 6.58 Å². The minimum atomic E-state index is -0.289. The summed E-state index contributed by atoms with van der Waals surface area (Å²) in [7, 11) is 0. The zero-order valence-electron chi connectivity index (χ0n) is 10.5.